The number of halogens is 3. The van der Waals surface area contributed by atoms with Crippen molar-refractivity contribution in [2.45, 2.75) is 32.2 Å². The average molecular weight is 297 g/mol. The van der Waals surface area contributed by atoms with Gasteiger partial charge in [0.05, 0.1) is 0 Å². The summed E-state index contributed by atoms with van der Waals surface area (Å²) in [5.74, 6) is -0.211. The third kappa shape index (κ3) is 4.49. The first-order chi connectivity index (χ1) is 6.65. The van der Waals surface area contributed by atoms with E-state index in [0.717, 1.165) is 23.7 Å². The van der Waals surface area contributed by atoms with Crippen LogP contribution in [0.2, 0.25) is 0 Å². The van der Waals surface area contributed by atoms with Crippen molar-refractivity contribution in [1.29, 1.82) is 0 Å². The molecule has 1 rings (SSSR count). The summed E-state index contributed by atoms with van der Waals surface area (Å²) in [6, 6.07) is 4.71. The molecule has 0 aliphatic rings. The van der Waals surface area contributed by atoms with Crippen LogP contribution in [0.5, 0.6) is 0 Å². The second kappa shape index (κ2) is 7.20. The van der Waals surface area contributed by atoms with Gasteiger partial charge in [0.2, 0.25) is 0 Å². The average Bonchev–Trinajstić information content (AvgIpc) is 2.18. The van der Waals surface area contributed by atoms with E-state index in [1.165, 1.54) is 6.07 Å². The largest absolute Gasteiger partial charge is 0.324 e. The molecule has 4 heteroatoms. The number of unbranched alkanes of at least 4 members (excludes halogenated alkanes) is 1. The highest BCUT2D eigenvalue weighted by molar-refractivity contribution is 9.10. The first-order valence-corrected chi connectivity index (χ1v) is 5.65. The highest BCUT2D eigenvalue weighted by Crippen LogP contribution is 2.23. The molecular weight excluding hydrogens is 280 g/mol. The summed E-state index contributed by atoms with van der Waals surface area (Å²) in [5, 5.41) is 0. The Morgan fingerprint density at radius 1 is 1.47 bits per heavy atom. The van der Waals surface area contributed by atoms with Crippen molar-refractivity contribution in [1.82, 2.24) is 0 Å². The van der Waals surface area contributed by atoms with E-state index >= 15 is 0 Å². The normalized spacial score (nSPS) is 12.0. The summed E-state index contributed by atoms with van der Waals surface area (Å²) in [6.45, 7) is 2.10. The molecule has 1 aromatic rings. The Balaban J connectivity index is 0.00000196. The number of benzene rings is 1. The second-order valence-electron chi connectivity index (χ2n) is 3.41. The molecule has 0 unspecified atom stereocenters. The van der Waals surface area contributed by atoms with E-state index < -0.39 is 0 Å². The molecule has 0 bridgehead atoms. The minimum Gasteiger partial charge on any atom is -0.324 e. The van der Waals surface area contributed by atoms with Crippen LogP contribution in [0.1, 0.15) is 37.8 Å². The number of hydrogen-bond donors (Lipinski definition) is 1. The maximum absolute atomic E-state index is 13.3. The van der Waals surface area contributed by atoms with Crippen molar-refractivity contribution in [3.05, 3.63) is 34.1 Å². The van der Waals surface area contributed by atoms with Gasteiger partial charge in [0.1, 0.15) is 5.82 Å². The van der Waals surface area contributed by atoms with E-state index in [1.54, 1.807) is 12.1 Å². The quantitative estimate of drug-likeness (QED) is 0.885. The van der Waals surface area contributed by atoms with Crippen LogP contribution in [0, 0.1) is 5.82 Å². The van der Waals surface area contributed by atoms with Crippen LogP contribution < -0.4 is 5.73 Å². The highest BCUT2D eigenvalue weighted by atomic mass is 79.9. The van der Waals surface area contributed by atoms with Gasteiger partial charge in [0.15, 0.2) is 0 Å². The van der Waals surface area contributed by atoms with Gasteiger partial charge in [-0.1, -0.05) is 35.7 Å². The monoisotopic (exact) mass is 295 g/mol. The molecule has 0 heterocycles. The Labute approximate surface area is 105 Å². The minimum absolute atomic E-state index is 0. The molecule has 1 atom stereocenters. The van der Waals surface area contributed by atoms with Crippen molar-refractivity contribution in [2.75, 3.05) is 0 Å². The van der Waals surface area contributed by atoms with E-state index in [-0.39, 0.29) is 24.3 Å². The predicted octanol–water partition coefficient (Wildman–Crippen LogP) is 4.20. The first kappa shape index (κ1) is 14.9. The Morgan fingerprint density at radius 3 is 2.73 bits per heavy atom. The predicted molar refractivity (Wildman–Crippen MR) is 67.8 cm³/mol. The van der Waals surface area contributed by atoms with Gasteiger partial charge in [-0.15, -0.1) is 12.4 Å². The minimum atomic E-state index is -0.211. The smallest absolute Gasteiger partial charge is 0.128 e. The van der Waals surface area contributed by atoms with E-state index in [0.29, 0.717) is 5.56 Å². The van der Waals surface area contributed by atoms with E-state index in [9.17, 15) is 4.39 Å². The van der Waals surface area contributed by atoms with Crippen molar-refractivity contribution < 1.29 is 4.39 Å². The van der Waals surface area contributed by atoms with Gasteiger partial charge in [0, 0.05) is 16.1 Å². The standard InChI is InChI=1S/C11H15BrFN.ClH/c1-2-3-4-11(14)9-7-8(12)5-6-10(9)13;/h5-7,11H,2-4,14H2,1H3;1H/t11-;/m0./s1. The second-order valence-corrected chi connectivity index (χ2v) is 4.33. The molecule has 0 radical (unpaired) electrons. The first-order valence-electron chi connectivity index (χ1n) is 4.85. The lowest BCUT2D eigenvalue weighted by Crippen LogP contribution is -2.11. The lowest BCUT2D eigenvalue weighted by atomic mass is 10.0. The molecule has 0 fully saturated rings. The van der Waals surface area contributed by atoms with Gasteiger partial charge in [0.25, 0.3) is 0 Å². The third-order valence-electron chi connectivity index (χ3n) is 2.23. The fraction of sp³-hybridized carbons (Fsp3) is 0.455. The van der Waals surface area contributed by atoms with Gasteiger partial charge >= 0.3 is 0 Å². The summed E-state index contributed by atoms with van der Waals surface area (Å²) in [6.07, 6.45) is 2.96. The number of rotatable bonds is 4. The zero-order valence-electron chi connectivity index (χ0n) is 8.67. The summed E-state index contributed by atoms with van der Waals surface area (Å²) in [4.78, 5) is 0. The summed E-state index contributed by atoms with van der Waals surface area (Å²) in [5.41, 5.74) is 6.49. The molecule has 0 aliphatic carbocycles. The molecule has 0 amide bonds. The Morgan fingerprint density at radius 2 is 2.13 bits per heavy atom. The molecule has 0 aromatic heterocycles. The van der Waals surface area contributed by atoms with E-state index in [4.69, 9.17) is 5.73 Å². The van der Waals surface area contributed by atoms with E-state index in [2.05, 4.69) is 22.9 Å². The van der Waals surface area contributed by atoms with Crippen molar-refractivity contribution >= 4 is 28.3 Å². The molecule has 0 spiro atoms. The SMILES string of the molecule is CCCC[C@H](N)c1cc(Br)ccc1F.Cl. The molecule has 1 aromatic carbocycles. The van der Waals surface area contributed by atoms with Crippen LogP contribution in [-0.2, 0) is 0 Å². The number of nitrogens with two attached hydrogens (primary N) is 1. The maximum Gasteiger partial charge on any atom is 0.128 e. The Hall–Kier alpha value is -0.120. The van der Waals surface area contributed by atoms with Gasteiger partial charge in [-0.2, -0.15) is 0 Å². The van der Waals surface area contributed by atoms with Gasteiger partial charge in [-0.25, -0.2) is 4.39 Å². The topological polar surface area (TPSA) is 26.0 Å². The maximum atomic E-state index is 13.3. The Bertz CT molecular complexity index is 307. The van der Waals surface area contributed by atoms with Crippen LogP contribution in [-0.4, -0.2) is 0 Å². The summed E-state index contributed by atoms with van der Waals surface area (Å²) in [7, 11) is 0. The Kier molecular flexibility index (Phi) is 7.14. The fourth-order valence-corrected chi connectivity index (χ4v) is 1.76. The summed E-state index contributed by atoms with van der Waals surface area (Å²) >= 11 is 3.31. The molecule has 86 valence electrons. The van der Waals surface area contributed by atoms with Crippen molar-refractivity contribution in [3.8, 4) is 0 Å². The highest BCUT2D eigenvalue weighted by Gasteiger charge is 2.10. The van der Waals surface area contributed by atoms with Gasteiger partial charge in [-0.3, -0.25) is 0 Å². The number of hydrogen-bond acceptors (Lipinski definition) is 1. The summed E-state index contributed by atoms with van der Waals surface area (Å²) < 4.78 is 14.2. The van der Waals surface area contributed by atoms with E-state index in [1.807, 2.05) is 0 Å². The van der Waals surface area contributed by atoms with Crippen LogP contribution in [0.15, 0.2) is 22.7 Å². The zero-order chi connectivity index (χ0) is 10.6. The third-order valence-corrected chi connectivity index (χ3v) is 2.72. The lowest BCUT2D eigenvalue weighted by molar-refractivity contribution is 0.547. The van der Waals surface area contributed by atoms with Gasteiger partial charge in [-0.05, 0) is 24.6 Å². The van der Waals surface area contributed by atoms with Crippen LogP contribution >= 0.6 is 28.3 Å². The van der Waals surface area contributed by atoms with Crippen molar-refractivity contribution in [3.63, 3.8) is 0 Å². The molecule has 0 aliphatic heterocycles. The molecule has 0 saturated heterocycles. The van der Waals surface area contributed by atoms with Crippen molar-refractivity contribution in [2.24, 2.45) is 5.73 Å². The fourth-order valence-electron chi connectivity index (χ4n) is 1.38. The molecule has 15 heavy (non-hydrogen) atoms. The lowest BCUT2D eigenvalue weighted by Gasteiger charge is -2.12. The van der Waals surface area contributed by atoms with Crippen LogP contribution in [0.25, 0.3) is 0 Å². The molecular formula is C11H16BrClFN. The van der Waals surface area contributed by atoms with Gasteiger partial charge < -0.3 is 5.73 Å². The molecule has 1 nitrogen and oxygen atoms in total. The zero-order valence-corrected chi connectivity index (χ0v) is 11.1. The molecule has 0 saturated carbocycles. The van der Waals surface area contributed by atoms with Crippen LogP contribution in [0.3, 0.4) is 0 Å². The molecule has 2 N–H and O–H groups in total. The van der Waals surface area contributed by atoms with Crippen LogP contribution in [0.4, 0.5) is 4.39 Å².